The summed E-state index contributed by atoms with van der Waals surface area (Å²) in [5.41, 5.74) is 6.45. The molecule has 0 aliphatic rings. The number of nitrogens with zero attached hydrogens (tertiary/aromatic N) is 1. The number of oxazole rings is 1. The van der Waals surface area contributed by atoms with Gasteiger partial charge in [-0.15, -0.1) is 0 Å². The number of aryl methyl sites for hydroxylation is 2. The number of anilines is 1. The van der Waals surface area contributed by atoms with Gasteiger partial charge in [-0.05, 0) is 79.4 Å². The summed E-state index contributed by atoms with van der Waals surface area (Å²) in [6, 6.07) is 19.0. The summed E-state index contributed by atoms with van der Waals surface area (Å²) in [5, 5.41) is 2.93. The van der Waals surface area contributed by atoms with E-state index in [4.69, 9.17) is 9.15 Å². The molecule has 0 radical (unpaired) electrons. The number of nitrogens with one attached hydrogen (secondary N) is 1. The second-order valence-electron chi connectivity index (χ2n) is 7.72. The van der Waals surface area contributed by atoms with E-state index >= 15 is 0 Å². The Morgan fingerprint density at radius 2 is 1.81 bits per heavy atom. The first-order valence-electron chi connectivity index (χ1n) is 10.5. The molecule has 0 unspecified atom stereocenters. The lowest BCUT2D eigenvalue weighted by Gasteiger charge is -2.08. The molecule has 0 spiro atoms. The molecule has 0 atom stereocenters. The third-order valence-corrected chi connectivity index (χ3v) is 5.18. The minimum atomic E-state index is -0.167. The molecule has 1 N–H and O–H groups in total. The molecule has 0 aliphatic heterocycles. The lowest BCUT2D eigenvalue weighted by atomic mass is 10.1. The van der Waals surface area contributed by atoms with Crippen molar-refractivity contribution in [3.63, 3.8) is 0 Å². The van der Waals surface area contributed by atoms with Crippen LogP contribution in [0, 0.1) is 13.8 Å². The molecule has 1 amide bonds. The first-order valence-corrected chi connectivity index (χ1v) is 10.5. The van der Waals surface area contributed by atoms with Gasteiger partial charge in [-0.1, -0.05) is 25.1 Å². The van der Waals surface area contributed by atoms with Crippen LogP contribution in [0.5, 0.6) is 5.75 Å². The van der Waals surface area contributed by atoms with E-state index < -0.39 is 0 Å². The molecule has 31 heavy (non-hydrogen) atoms. The van der Waals surface area contributed by atoms with Crippen molar-refractivity contribution in [2.75, 3.05) is 11.9 Å². The molecule has 0 fully saturated rings. The maximum absolute atomic E-state index is 12.6. The molecular formula is C26H26N2O3. The fourth-order valence-electron chi connectivity index (χ4n) is 3.33. The van der Waals surface area contributed by atoms with Crippen molar-refractivity contribution in [3.05, 3.63) is 88.8 Å². The van der Waals surface area contributed by atoms with Gasteiger partial charge in [-0.3, -0.25) is 4.79 Å². The lowest BCUT2D eigenvalue weighted by molar-refractivity contribution is 0.102. The van der Waals surface area contributed by atoms with Gasteiger partial charge in [-0.2, -0.15) is 0 Å². The molecule has 1 heterocycles. The summed E-state index contributed by atoms with van der Waals surface area (Å²) >= 11 is 0. The van der Waals surface area contributed by atoms with Gasteiger partial charge in [-0.25, -0.2) is 4.98 Å². The fraction of sp³-hybridized carbons (Fsp3) is 0.231. The zero-order chi connectivity index (χ0) is 21.8. The van der Waals surface area contributed by atoms with Crippen LogP contribution in [0.4, 0.5) is 5.69 Å². The van der Waals surface area contributed by atoms with Gasteiger partial charge < -0.3 is 14.5 Å². The molecule has 3 aromatic carbocycles. The standard InChI is InChI=1S/C26H26N2O3/c1-4-12-30-22-7-5-6-20(16-22)26(29)27-21-10-8-19(9-11-21)15-25-28-23-13-17(2)18(3)14-24(23)31-25/h5-11,13-14,16H,4,12,15H2,1-3H3,(H,27,29). The number of carbonyl (C=O) groups excluding carboxylic acids is 1. The third-order valence-electron chi connectivity index (χ3n) is 5.18. The molecule has 158 valence electrons. The second-order valence-corrected chi connectivity index (χ2v) is 7.72. The van der Waals surface area contributed by atoms with Crippen molar-refractivity contribution >= 4 is 22.7 Å². The molecule has 1 aromatic heterocycles. The second kappa shape index (κ2) is 9.04. The van der Waals surface area contributed by atoms with Gasteiger partial charge in [0, 0.05) is 17.7 Å². The Hall–Kier alpha value is -3.60. The summed E-state index contributed by atoms with van der Waals surface area (Å²) in [7, 11) is 0. The highest BCUT2D eigenvalue weighted by molar-refractivity contribution is 6.04. The van der Waals surface area contributed by atoms with Crippen molar-refractivity contribution < 1.29 is 13.9 Å². The summed E-state index contributed by atoms with van der Waals surface area (Å²) in [6.07, 6.45) is 1.52. The molecule has 0 saturated carbocycles. The maximum Gasteiger partial charge on any atom is 0.255 e. The Balaban J connectivity index is 1.42. The lowest BCUT2D eigenvalue weighted by Crippen LogP contribution is -2.12. The van der Waals surface area contributed by atoms with Crippen molar-refractivity contribution in [2.45, 2.75) is 33.6 Å². The van der Waals surface area contributed by atoms with Crippen LogP contribution in [0.2, 0.25) is 0 Å². The summed E-state index contributed by atoms with van der Waals surface area (Å²) < 4.78 is 11.5. The maximum atomic E-state index is 12.6. The largest absolute Gasteiger partial charge is 0.494 e. The molecule has 5 heteroatoms. The van der Waals surface area contributed by atoms with Crippen LogP contribution in [0.1, 0.15) is 46.3 Å². The number of amides is 1. The smallest absolute Gasteiger partial charge is 0.255 e. The van der Waals surface area contributed by atoms with Crippen molar-refractivity contribution in [2.24, 2.45) is 0 Å². The average Bonchev–Trinajstić information content (AvgIpc) is 3.15. The zero-order valence-electron chi connectivity index (χ0n) is 18.1. The predicted molar refractivity (Wildman–Crippen MR) is 123 cm³/mol. The summed E-state index contributed by atoms with van der Waals surface area (Å²) in [6.45, 7) is 6.82. The third kappa shape index (κ3) is 4.94. The first-order chi connectivity index (χ1) is 15.0. The molecule has 0 aliphatic carbocycles. The van der Waals surface area contributed by atoms with Gasteiger partial charge in [0.05, 0.1) is 6.61 Å². The van der Waals surface area contributed by atoms with Gasteiger partial charge in [0.15, 0.2) is 11.5 Å². The number of rotatable bonds is 7. The monoisotopic (exact) mass is 414 g/mol. The minimum Gasteiger partial charge on any atom is -0.494 e. The molecular weight excluding hydrogens is 388 g/mol. The van der Waals surface area contributed by atoms with Crippen LogP contribution < -0.4 is 10.1 Å². The van der Waals surface area contributed by atoms with E-state index in [1.165, 1.54) is 11.1 Å². The molecule has 0 bridgehead atoms. The van der Waals surface area contributed by atoms with E-state index in [1.54, 1.807) is 12.1 Å². The van der Waals surface area contributed by atoms with E-state index in [9.17, 15) is 4.79 Å². The Bertz CT molecular complexity index is 1170. The highest BCUT2D eigenvalue weighted by Gasteiger charge is 2.10. The van der Waals surface area contributed by atoms with Crippen LogP contribution in [-0.2, 0) is 6.42 Å². The molecule has 5 nitrogen and oxygen atoms in total. The van der Waals surface area contributed by atoms with E-state index in [0.29, 0.717) is 30.2 Å². The van der Waals surface area contributed by atoms with Crippen LogP contribution in [0.25, 0.3) is 11.1 Å². The zero-order valence-corrected chi connectivity index (χ0v) is 18.1. The molecule has 4 aromatic rings. The van der Waals surface area contributed by atoms with Crippen molar-refractivity contribution in [1.29, 1.82) is 0 Å². The summed E-state index contributed by atoms with van der Waals surface area (Å²) in [4.78, 5) is 17.2. The van der Waals surface area contributed by atoms with E-state index in [1.807, 2.05) is 49.4 Å². The van der Waals surface area contributed by atoms with Gasteiger partial charge in [0.2, 0.25) is 0 Å². The van der Waals surface area contributed by atoms with E-state index in [-0.39, 0.29) is 5.91 Å². The van der Waals surface area contributed by atoms with Gasteiger partial charge in [0.1, 0.15) is 11.3 Å². The molecule has 0 saturated heterocycles. The number of benzene rings is 3. The number of hydrogen-bond acceptors (Lipinski definition) is 4. The Morgan fingerprint density at radius 1 is 1.03 bits per heavy atom. The number of hydrogen-bond donors (Lipinski definition) is 1. The normalized spacial score (nSPS) is 10.9. The highest BCUT2D eigenvalue weighted by atomic mass is 16.5. The SMILES string of the molecule is CCCOc1cccc(C(=O)Nc2ccc(Cc3nc4cc(C)c(C)cc4o3)cc2)c1. The number of aromatic nitrogens is 1. The van der Waals surface area contributed by atoms with Crippen LogP contribution in [0.15, 0.2) is 65.1 Å². The fourth-order valence-corrected chi connectivity index (χ4v) is 3.33. The Labute approximate surface area is 182 Å². The number of fused-ring (bicyclic) bond motifs is 1. The highest BCUT2D eigenvalue weighted by Crippen LogP contribution is 2.22. The predicted octanol–water partition coefficient (Wildman–Crippen LogP) is 6.08. The van der Waals surface area contributed by atoms with E-state index in [0.717, 1.165) is 28.8 Å². The first kappa shape index (κ1) is 20.7. The molecule has 4 rings (SSSR count). The minimum absolute atomic E-state index is 0.167. The van der Waals surface area contributed by atoms with Gasteiger partial charge in [0.25, 0.3) is 5.91 Å². The van der Waals surface area contributed by atoms with Crippen molar-refractivity contribution in [3.8, 4) is 5.75 Å². The Morgan fingerprint density at radius 3 is 2.58 bits per heavy atom. The average molecular weight is 415 g/mol. The van der Waals surface area contributed by atoms with Crippen LogP contribution >= 0.6 is 0 Å². The number of ether oxygens (including phenoxy) is 1. The Kier molecular flexibility index (Phi) is 6.03. The van der Waals surface area contributed by atoms with Crippen LogP contribution in [-0.4, -0.2) is 17.5 Å². The van der Waals surface area contributed by atoms with Gasteiger partial charge >= 0.3 is 0 Å². The summed E-state index contributed by atoms with van der Waals surface area (Å²) in [5.74, 6) is 1.22. The topological polar surface area (TPSA) is 64.4 Å². The van der Waals surface area contributed by atoms with E-state index in [2.05, 4.69) is 30.2 Å². The van der Waals surface area contributed by atoms with Crippen LogP contribution in [0.3, 0.4) is 0 Å². The number of carbonyl (C=O) groups is 1. The van der Waals surface area contributed by atoms with Crippen molar-refractivity contribution in [1.82, 2.24) is 4.98 Å². The quantitative estimate of drug-likeness (QED) is 0.398.